The number of hydrogen-bond donors (Lipinski definition) is 3. The second-order valence-corrected chi connectivity index (χ2v) is 4.04. The van der Waals surface area contributed by atoms with Crippen molar-refractivity contribution < 1.29 is 4.79 Å². The van der Waals surface area contributed by atoms with E-state index in [0.717, 1.165) is 10.8 Å². The Bertz CT molecular complexity index is 744. The third-order valence-corrected chi connectivity index (χ3v) is 2.83. The summed E-state index contributed by atoms with van der Waals surface area (Å²) < 4.78 is 0. The van der Waals surface area contributed by atoms with Crippen molar-refractivity contribution in [3.8, 4) is 0 Å². The molecule has 1 heterocycles. The van der Waals surface area contributed by atoms with Crippen LogP contribution >= 0.6 is 0 Å². The molecule has 1 amide bonds. The van der Waals surface area contributed by atoms with Crippen LogP contribution in [0.3, 0.4) is 0 Å². The van der Waals surface area contributed by atoms with Crippen molar-refractivity contribution in [3.63, 3.8) is 0 Å². The lowest BCUT2D eigenvalue weighted by Gasteiger charge is -2.07. The van der Waals surface area contributed by atoms with E-state index >= 15 is 0 Å². The molecule has 0 radical (unpaired) electrons. The number of aromatic nitrogens is 3. The van der Waals surface area contributed by atoms with Crippen molar-refractivity contribution in [1.29, 1.82) is 0 Å². The number of carbonyl (C=O) groups excluding carboxylic acids is 1. The Kier molecular flexibility index (Phi) is 2.60. The first-order chi connectivity index (χ1) is 9.25. The molecule has 0 aliphatic carbocycles. The van der Waals surface area contributed by atoms with Gasteiger partial charge in [-0.3, -0.25) is 4.79 Å². The highest BCUT2D eigenvalue weighted by Crippen LogP contribution is 2.23. The lowest BCUT2D eigenvalue weighted by atomic mass is 10.1. The number of carbonyl (C=O) groups is 1. The van der Waals surface area contributed by atoms with E-state index in [1.165, 1.54) is 0 Å². The van der Waals surface area contributed by atoms with Crippen molar-refractivity contribution >= 4 is 28.2 Å². The predicted octanol–water partition coefficient (Wildman–Crippen LogP) is 1.79. The zero-order valence-corrected chi connectivity index (χ0v) is 9.92. The minimum atomic E-state index is -0.386. The van der Waals surface area contributed by atoms with Gasteiger partial charge in [0.15, 0.2) is 11.5 Å². The first-order valence-corrected chi connectivity index (χ1v) is 5.71. The highest BCUT2D eigenvalue weighted by Gasteiger charge is 2.14. The molecule has 0 spiro atoms. The summed E-state index contributed by atoms with van der Waals surface area (Å²) >= 11 is 0. The number of rotatable bonds is 2. The van der Waals surface area contributed by atoms with E-state index < -0.39 is 0 Å². The number of amides is 1. The van der Waals surface area contributed by atoms with E-state index in [2.05, 4.69) is 20.7 Å². The van der Waals surface area contributed by atoms with Gasteiger partial charge in [-0.05, 0) is 11.5 Å². The van der Waals surface area contributed by atoms with Gasteiger partial charge in [-0.15, -0.1) is 10.2 Å². The van der Waals surface area contributed by atoms with Crippen LogP contribution in [0.5, 0.6) is 0 Å². The molecule has 2 aromatic carbocycles. The van der Waals surface area contributed by atoms with Gasteiger partial charge < -0.3 is 11.1 Å². The quantitative estimate of drug-likeness (QED) is 0.648. The van der Waals surface area contributed by atoms with E-state index in [-0.39, 0.29) is 17.4 Å². The molecule has 1 aromatic heterocycles. The fourth-order valence-electron chi connectivity index (χ4n) is 1.92. The smallest absolute Gasteiger partial charge is 0.280 e. The summed E-state index contributed by atoms with van der Waals surface area (Å²) in [5, 5.41) is 14.5. The topological polar surface area (TPSA) is 96.7 Å². The average molecular weight is 253 g/mol. The first kappa shape index (κ1) is 11.2. The molecule has 0 saturated heterocycles. The van der Waals surface area contributed by atoms with Crippen LogP contribution in [0.1, 0.15) is 10.5 Å². The number of anilines is 2. The standard InChI is InChI=1S/C13H11N5O/c14-12-11(16-18-17-12)13(19)15-10-7-3-5-8-4-1-2-6-9(8)10/h1-7H,(H,15,19)(H3,14,16,17,18). The predicted molar refractivity (Wildman–Crippen MR) is 72.7 cm³/mol. The van der Waals surface area contributed by atoms with E-state index in [0.29, 0.717) is 5.69 Å². The number of hydrogen-bond acceptors (Lipinski definition) is 4. The first-order valence-electron chi connectivity index (χ1n) is 5.71. The maximum Gasteiger partial charge on any atom is 0.280 e. The van der Waals surface area contributed by atoms with Crippen LogP contribution in [0.2, 0.25) is 0 Å². The summed E-state index contributed by atoms with van der Waals surface area (Å²) in [7, 11) is 0. The number of benzene rings is 2. The molecule has 4 N–H and O–H groups in total. The maximum absolute atomic E-state index is 12.0. The average Bonchev–Trinajstić information content (AvgIpc) is 2.85. The molecule has 6 nitrogen and oxygen atoms in total. The SMILES string of the molecule is Nc1n[nH]nc1C(=O)Nc1cccc2ccccc12. The highest BCUT2D eigenvalue weighted by atomic mass is 16.2. The van der Waals surface area contributed by atoms with Gasteiger partial charge in [-0.2, -0.15) is 5.21 Å². The third kappa shape index (κ3) is 1.99. The number of aromatic amines is 1. The lowest BCUT2D eigenvalue weighted by molar-refractivity contribution is 0.102. The van der Waals surface area contributed by atoms with Crippen LogP contribution in [-0.2, 0) is 0 Å². The monoisotopic (exact) mass is 253 g/mol. The zero-order chi connectivity index (χ0) is 13.2. The van der Waals surface area contributed by atoms with Crippen molar-refractivity contribution in [2.24, 2.45) is 0 Å². The molecule has 0 aliphatic heterocycles. The summed E-state index contributed by atoms with van der Waals surface area (Å²) in [5.74, 6) is -0.305. The van der Waals surface area contributed by atoms with Crippen molar-refractivity contribution in [2.75, 3.05) is 11.1 Å². The fraction of sp³-hybridized carbons (Fsp3) is 0. The summed E-state index contributed by atoms with van der Waals surface area (Å²) in [6.45, 7) is 0. The van der Waals surface area contributed by atoms with Crippen molar-refractivity contribution in [1.82, 2.24) is 15.4 Å². The van der Waals surface area contributed by atoms with Gasteiger partial charge in [0.25, 0.3) is 5.91 Å². The molecular formula is C13H11N5O. The Morgan fingerprint density at radius 2 is 1.89 bits per heavy atom. The Hall–Kier alpha value is -2.89. The normalized spacial score (nSPS) is 10.5. The second-order valence-electron chi connectivity index (χ2n) is 4.04. The highest BCUT2D eigenvalue weighted by molar-refractivity contribution is 6.09. The van der Waals surface area contributed by atoms with Gasteiger partial charge in [0.05, 0.1) is 0 Å². The molecule has 94 valence electrons. The minimum Gasteiger partial charge on any atom is -0.380 e. The van der Waals surface area contributed by atoms with Crippen LogP contribution in [0.25, 0.3) is 10.8 Å². The summed E-state index contributed by atoms with van der Waals surface area (Å²) in [4.78, 5) is 12.0. The number of nitrogen functional groups attached to an aromatic ring is 1. The summed E-state index contributed by atoms with van der Waals surface area (Å²) in [5.41, 5.74) is 6.35. The minimum absolute atomic E-state index is 0.0812. The lowest BCUT2D eigenvalue weighted by Crippen LogP contribution is -2.14. The van der Waals surface area contributed by atoms with Crippen LogP contribution < -0.4 is 11.1 Å². The molecule has 0 saturated carbocycles. The van der Waals surface area contributed by atoms with Crippen molar-refractivity contribution in [2.45, 2.75) is 0 Å². The van der Waals surface area contributed by atoms with E-state index in [9.17, 15) is 4.79 Å². The van der Waals surface area contributed by atoms with Gasteiger partial charge in [0.2, 0.25) is 0 Å². The number of nitrogens with zero attached hydrogens (tertiary/aromatic N) is 2. The van der Waals surface area contributed by atoms with Crippen molar-refractivity contribution in [3.05, 3.63) is 48.2 Å². The van der Waals surface area contributed by atoms with Crippen LogP contribution in [0.15, 0.2) is 42.5 Å². The third-order valence-electron chi connectivity index (χ3n) is 2.83. The number of fused-ring (bicyclic) bond motifs is 1. The molecule has 0 bridgehead atoms. The number of nitrogens with two attached hydrogens (primary N) is 1. The van der Waals surface area contributed by atoms with Crippen LogP contribution in [-0.4, -0.2) is 21.3 Å². The van der Waals surface area contributed by atoms with Crippen LogP contribution in [0.4, 0.5) is 11.5 Å². The largest absolute Gasteiger partial charge is 0.380 e. The maximum atomic E-state index is 12.0. The summed E-state index contributed by atoms with van der Waals surface area (Å²) in [6, 6.07) is 13.5. The molecule has 0 fully saturated rings. The van der Waals surface area contributed by atoms with E-state index in [1.807, 2.05) is 42.5 Å². The Morgan fingerprint density at radius 3 is 2.68 bits per heavy atom. The fourth-order valence-corrected chi connectivity index (χ4v) is 1.92. The molecule has 3 rings (SSSR count). The Labute approximate surface area is 108 Å². The summed E-state index contributed by atoms with van der Waals surface area (Å²) in [6.07, 6.45) is 0. The zero-order valence-electron chi connectivity index (χ0n) is 9.92. The molecule has 19 heavy (non-hydrogen) atoms. The van der Waals surface area contributed by atoms with Gasteiger partial charge in [-0.25, -0.2) is 0 Å². The molecule has 6 heteroatoms. The molecule has 0 aliphatic rings. The molecule has 0 atom stereocenters. The van der Waals surface area contributed by atoms with Gasteiger partial charge in [-0.1, -0.05) is 36.4 Å². The van der Waals surface area contributed by atoms with Gasteiger partial charge in [0, 0.05) is 11.1 Å². The molecule has 3 aromatic rings. The van der Waals surface area contributed by atoms with Crippen LogP contribution in [0, 0.1) is 0 Å². The molecule has 0 unspecified atom stereocenters. The van der Waals surface area contributed by atoms with E-state index in [1.54, 1.807) is 0 Å². The Morgan fingerprint density at radius 1 is 1.11 bits per heavy atom. The van der Waals surface area contributed by atoms with E-state index in [4.69, 9.17) is 5.73 Å². The Balaban J connectivity index is 1.98. The van der Waals surface area contributed by atoms with Gasteiger partial charge in [0.1, 0.15) is 0 Å². The molecular weight excluding hydrogens is 242 g/mol. The van der Waals surface area contributed by atoms with Gasteiger partial charge >= 0.3 is 0 Å². The number of nitrogens with one attached hydrogen (secondary N) is 2. The second kappa shape index (κ2) is 4.41. The number of H-pyrrole nitrogens is 1.